The summed E-state index contributed by atoms with van der Waals surface area (Å²) in [5.74, 6) is 1.05. The van der Waals surface area contributed by atoms with E-state index in [2.05, 4.69) is 44.2 Å². The molecular weight excluding hydrogens is 208 g/mol. The fourth-order valence-electron chi connectivity index (χ4n) is 2.78. The van der Waals surface area contributed by atoms with Crippen LogP contribution in [-0.4, -0.2) is 7.11 Å². The molecule has 0 atom stereocenters. The van der Waals surface area contributed by atoms with Gasteiger partial charge in [0.05, 0.1) is 7.11 Å². The van der Waals surface area contributed by atoms with E-state index in [4.69, 9.17) is 4.74 Å². The van der Waals surface area contributed by atoms with Crippen LogP contribution < -0.4 is 4.74 Å². The van der Waals surface area contributed by atoms with Crippen LogP contribution in [0.1, 0.15) is 22.3 Å². The lowest BCUT2D eigenvalue weighted by atomic mass is 10.0. The van der Waals surface area contributed by atoms with Crippen molar-refractivity contribution in [2.45, 2.75) is 20.3 Å². The van der Waals surface area contributed by atoms with Crippen LogP contribution in [0.5, 0.6) is 5.75 Å². The molecule has 0 spiro atoms. The Balaban J connectivity index is 2.25. The van der Waals surface area contributed by atoms with Crippen molar-refractivity contribution in [3.05, 3.63) is 52.6 Å². The monoisotopic (exact) mass is 224 g/mol. The maximum atomic E-state index is 5.55. The molecule has 2 aromatic carbocycles. The highest BCUT2D eigenvalue weighted by molar-refractivity contribution is 5.80. The summed E-state index contributed by atoms with van der Waals surface area (Å²) in [5, 5.41) is 0. The van der Waals surface area contributed by atoms with E-state index < -0.39 is 0 Å². The standard InChI is InChI=1S/C16H16O/c1-10-4-6-13-12(8-10)9-15-14(13)7-5-11(2)16(15)17-3/h4-8H,9H2,1-3H3. The van der Waals surface area contributed by atoms with E-state index in [1.54, 1.807) is 7.11 Å². The van der Waals surface area contributed by atoms with Crippen molar-refractivity contribution < 1.29 is 4.74 Å². The number of benzene rings is 2. The van der Waals surface area contributed by atoms with Crippen LogP contribution in [0, 0.1) is 13.8 Å². The van der Waals surface area contributed by atoms with Gasteiger partial charge in [0.2, 0.25) is 0 Å². The van der Waals surface area contributed by atoms with Crippen LogP contribution in [0.2, 0.25) is 0 Å². The fraction of sp³-hybridized carbons (Fsp3) is 0.250. The van der Waals surface area contributed by atoms with Gasteiger partial charge in [0.15, 0.2) is 0 Å². The molecule has 0 bridgehead atoms. The molecule has 1 aliphatic carbocycles. The van der Waals surface area contributed by atoms with Crippen LogP contribution in [0.15, 0.2) is 30.3 Å². The van der Waals surface area contributed by atoms with E-state index in [-0.39, 0.29) is 0 Å². The highest BCUT2D eigenvalue weighted by Gasteiger charge is 2.22. The Morgan fingerprint density at radius 3 is 2.53 bits per heavy atom. The predicted octanol–water partition coefficient (Wildman–Crippen LogP) is 3.88. The molecule has 86 valence electrons. The Hall–Kier alpha value is -1.76. The largest absolute Gasteiger partial charge is 0.496 e. The number of hydrogen-bond acceptors (Lipinski definition) is 1. The molecule has 3 rings (SSSR count). The minimum absolute atomic E-state index is 0.997. The maximum Gasteiger partial charge on any atom is 0.125 e. The zero-order valence-corrected chi connectivity index (χ0v) is 10.5. The number of rotatable bonds is 1. The van der Waals surface area contributed by atoms with Crippen molar-refractivity contribution in [1.29, 1.82) is 0 Å². The number of aryl methyl sites for hydroxylation is 2. The topological polar surface area (TPSA) is 9.23 Å². The first-order chi connectivity index (χ1) is 8.20. The number of hydrogen-bond donors (Lipinski definition) is 0. The lowest BCUT2D eigenvalue weighted by molar-refractivity contribution is 0.408. The van der Waals surface area contributed by atoms with Crippen molar-refractivity contribution >= 4 is 0 Å². The zero-order valence-electron chi connectivity index (χ0n) is 10.5. The van der Waals surface area contributed by atoms with Crippen LogP contribution in [0.25, 0.3) is 11.1 Å². The molecule has 1 heteroatoms. The van der Waals surface area contributed by atoms with Gasteiger partial charge < -0.3 is 4.74 Å². The van der Waals surface area contributed by atoms with Gasteiger partial charge >= 0.3 is 0 Å². The van der Waals surface area contributed by atoms with E-state index in [1.165, 1.54) is 33.4 Å². The van der Waals surface area contributed by atoms with Crippen molar-refractivity contribution in [2.75, 3.05) is 7.11 Å². The summed E-state index contributed by atoms with van der Waals surface area (Å²) in [5.41, 5.74) is 8.01. The normalized spacial score (nSPS) is 12.2. The molecule has 0 N–H and O–H groups in total. The zero-order chi connectivity index (χ0) is 12.0. The third-order valence-electron chi connectivity index (χ3n) is 3.58. The molecule has 0 saturated heterocycles. The summed E-state index contributed by atoms with van der Waals surface area (Å²) < 4.78 is 5.55. The number of ether oxygens (including phenoxy) is 1. The second-order valence-electron chi connectivity index (χ2n) is 4.78. The van der Waals surface area contributed by atoms with E-state index in [9.17, 15) is 0 Å². The molecule has 1 nitrogen and oxygen atoms in total. The minimum Gasteiger partial charge on any atom is -0.496 e. The van der Waals surface area contributed by atoms with Gasteiger partial charge in [-0.05, 0) is 36.1 Å². The van der Waals surface area contributed by atoms with Crippen LogP contribution in [-0.2, 0) is 6.42 Å². The van der Waals surface area contributed by atoms with Gasteiger partial charge in [-0.3, -0.25) is 0 Å². The molecule has 0 aromatic heterocycles. The predicted molar refractivity (Wildman–Crippen MR) is 70.7 cm³/mol. The lowest BCUT2D eigenvalue weighted by Gasteiger charge is -2.10. The van der Waals surface area contributed by atoms with E-state index >= 15 is 0 Å². The Bertz CT molecular complexity index is 597. The summed E-state index contributed by atoms with van der Waals surface area (Å²) in [4.78, 5) is 0. The van der Waals surface area contributed by atoms with Crippen LogP contribution in [0.3, 0.4) is 0 Å². The molecule has 0 radical (unpaired) electrons. The molecule has 0 saturated carbocycles. The Kier molecular flexibility index (Phi) is 2.22. The Morgan fingerprint density at radius 2 is 1.76 bits per heavy atom. The van der Waals surface area contributed by atoms with Gasteiger partial charge in [0, 0.05) is 12.0 Å². The van der Waals surface area contributed by atoms with Gasteiger partial charge in [-0.15, -0.1) is 0 Å². The molecule has 1 aliphatic rings. The average Bonchev–Trinajstić information content (AvgIpc) is 2.66. The highest BCUT2D eigenvalue weighted by Crippen LogP contribution is 2.42. The van der Waals surface area contributed by atoms with Gasteiger partial charge in [-0.2, -0.15) is 0 Å². The van der Waals surface area contributed by atoms with Gasteiger partial charge in [-0.1, -0.05) is 35.9 Å². The second-order valence-corrected chi connectivity index (χ2v) is 4.78. The van der Waals surface area contributed by atoms with E-state index in [0.29, 0.717) is 0 Å². The Labute approximate surface area is 102 Å². The Morgan fingerprint density at radius 1 is 1.00 bits per heavy atom. The second kappa shape index (κ2) is 3.63. The van der Waals surface area contributed by atoms with Crippen molar-refractivity contribution in [3.63, 3.8) is 0 Å². The number of fused-ring (bicyclic) bond motifs is 3. The van der Waals surface area contributed by atoms with E-state index in [0.717, 1.165) is 12.2 Å². The first-order valence-electron chi connectivity index (χ1n) is 5.97. The number of methoxy groups -OCH3 is 1. The highest BCUT2D eigenvalue weighted by atomic mass is 16.5. The summed E-state index contributed by atoms with van der Waals surface area (Å²) in [6, 6.07) is 11.1. The third kappa shape index (κ3) is 1.46. The van der Waals surface area contributed by atoms with Gasteiger partial charge in [0.25, 0.3) is 0 Å². The fourth-order valence-corrected chi connectivity index (χ4v) is 2.78. The molecular formula is C16H16O. The first kappa shape index (κ1) is 10.4. The van der Waals surface area contributed by atoms with Crippen molar-refractivity contribution in [3.8, 4) is 16.9 Å². The summed E-state index contributed by atoms with van der Waals surface area (Å²) in [6.45, 7) is 4.25. The summed E-state index contributed by atoms with van der Waals surface area (Å²) in [6.07, 6.45) is 0.997. The van der Waals surface area contributed by atoms with Crippen molar-refractivity contribution in [2.24, 2.45) is 0 Å². The lowest BCUT2D eigenvalue weighted by Crippen LogP contribution is -1.93. The average molecular weight is 224 g/mol. The molecule has 0 amide bonds. The van der Waals surface area contributed by atoms with Crippen LogP contribution >= 0.6 is 0 Å². The van der Waals surface area contributed by atoms with Crippen molar-refractivity contribution in [1.82, 2.24) is 0 Å². The van der Waals surface area contributed by atoms with Gasteiger partial charge in [-0.25, -0.2) is 0 Å². The van der Waals surface area contributed by atoms with Gasteiger partial charge in [0.1, 0.15) is 5.75 Å². The maximum absolute atomic E-state index is 5.55. The smallest absolute Gasteiger partial charge is 0.125 e. The summed E-state index contributed by atoms with van der Waals surface area (Å²) >= 11 is 0. The third-order valence-corrected chi connectivity index (χ3v) is 3.58. The molecule has 17 heavy (non-hydrogen) atoms. The molecule has 0 fully saturated rings. The van der Waals surface area contributed by atoms with Crippen LogP contribution in [0.4, 0.5) is 0 Å². The minimum atomic E-state index is 0.997. The molecule has 2 aromatic rings. The summed E-state index contributed by atoms with van der Waals surface area (Å²) in [7, 11) is 1.76. The molecule has 0 unspecified atom stereocenters. The van der Waals surface area contributed by atoms with E-state index in [1.807, 2.05) is 0 Å². The molecule has 0 aliphatic heterocycles. The SMILES string of the molecule is COc1c(C)ccc2c1Cc1cc(C)ccc1-2. The quantitative estimate of drug-likeness (QED) is 0.609. The molecule has 0 heterocycles. The first-order valence-corrected chi connectivity index (χ1v) is 5.97.